The number of carbonyl (C=O) groups is 1. The molecule has 0 bridgehead atoms. The Hall–Kier alpha value is -2.36. The minimum Gasteiger partial charge on any atom is -0.497 e. The Balaban J connectivity index is 3.17. The Morgan fingerprint density at radius 3 is 2.28 bits per heavy atom. The van der Waals surface area contributed by atoms with Gasteiger partial charge in [0.05, 0.1) is 20.1 Å². The SMILES string of the molecule is C=C(C)/C=C(\C=C(/F)CCC(=O)OCC)c1c(C)cc(OC)cc1C. The summed E-state index contributed by atoms with van der Waals surface area (Å²) in [5.74, 6) is 0.00338. The highest BCUT2D eigenvalue weighted by molar-refractivity contribution is 5.80. The number of halogens is 1. The summed E-state index contributed by atoms with van der Waals surface area (Å²) in [6, 6.07) is 3.83. The highest BCUT2D eigenvalue weighted by Gasteiger charge is 2.11. The quantitative estimate of drug-likeness (QED) is 0.462. The molecule has 4 heteroatoms. The molecule has 3 nitrogen and oxygen atoms in total. The number of ether oxygens (including phenoxy) is 2. The zero-order valence-corrected chi connectivity index (χ0v) is 15.7. The van der Waals surface area contributed by atoms with Gasteiger partial charge in [-0.3, -0.25) is 4.79 Å². The maximum absolute atomic E-state index is 14.4. The fraction of sp³-hybridized carbons (Fsp3) is 0.381. The van der Waals surface area contributed by atoms with Gasteiger partial charge >= 0.3 is 5.97 Å². The maximum atomic E-state index is 14.4. The fourth-order valence-corrected chi connectivity index (χ4v) is 2.64. The summed E-state index contributed by atoms with van der Waals surface area (Å²) >= 11 is 0. The van der Waals surface area contributed by atoms with Crippen LogP contribution in [-0.2, 0) is 9.53 Å². The number of hydrogen-bond donors (Lipinski definition) is 0. The van der Waals surface area contributed by atoms with E-state index < -0.39 is 5.97 Å². The normalized spacial score (nSPS) is 12.1. The Morgan fingerprint density at radius 2 is 1.80 bits per heavy atom. The molecule has 0 fully saturated rings. The molecule has 1 rings (SSSR count). The minimum atomic E-state index is -0.395. The molecule has 136 valence electrons. The van der Waals surface area contributed by atoms with Gasteiger partial charge in [0, 0.05) is 6.42 Å². The van der Waals surface area contributed by atoms with Crippen molar-refractivity contribution in [2.45, 2.75) is 40.5 Å². The predicted molar refractivity (Wildman–Crippen MR) is 100 cm³/mol. The molecule has 0 spiro atoms. The van der Waals surface area contributed by atoms with Crippen molar-refractivity contribution in [3.05, 3.63) is 59.0 Å². The predicted octanol–water partition coefficient (Wildman–Crippen LogP) is 5.47. The van der Waals surface area contributed by atoms with Crippen LogP contribution in [0.5, 0.6) is 5.75 Å². The van der Waals surface area contributed by atoms with Crippen molar-refractivity contribution in [3.63, 3.8) is 0 Å². The molecule has 0 aliphatic carbocycles. The molecule has 0 saturated heterocycles. The third kappa shape index (κ3) is 6.57. The molecule has 0 aliphatic heterocycles. The minimum absolute atomic E-state index is 0.0145. The van der Waals surface area contributed by atoms with Crippen LogP contribution in [0, 0.1) is 13.8 Å². The van der Waals surface area contributed by atoms with Crippen LogP contribution in [0.15, 0.2) is 42.3 Å². The van der Waals surface area contributed by atoms with Crippen molar-refractivity contribution in [1.82, 2.24) is 0 Å². The molecule has 0 aromatic heterocycles. The van der Waals surface area contributed by atoms with Crippen molar-refractivity contribution in [3.8, 4) is 5.75 Å². The molecule has 0 saturated carbocycles. The highest BCUT2D eigenvalue weighted by atomic mass is 19.1. The monoisotopic (exact) mass is 346 g/mol. The molecule has 0 atom stereocenters. The van der Waals surface area contributed by atoms with Crippen molar-refractivity contribution < 1.29 is 18.7 Å². The first-order valence-corrected chi connectivity index (χ1v) is 8.33. The molecule has 1 aromatic carbocycles. The fourth-order valence-electron chi connectivity index (χ4n) is 2.64. The van der Waals surface area contributed by atoms with E-state index in [9.17, 15) is 9.18 Å². The van der Waals surface area contributed by atoms with E-state index in [1.807, 2.05) is 39.0 Å². The molecular formula is C21H27FO3. The van der Waals surface area contributed by atoms with Gasteiger partial charge in [0.15, 0.2) is 0 Å². The van der Waals surface area contributed by atoms with Crippen LogP contribution in [0.25, 0.3) is 5.57 Å². The third-order valence-corrected chi connectivity index (χ3v) is 3.62. The first-order valence-electron chi connectivity index (χ1n) is 8.33. The summed E-state index contributed by atoms with van der Waals surface area (Å²) in [4.78, 5) is 11.4. The molecular weight excluding hydrogens is 319 g/mol. The van der Waals surface area contributed by atoms with Crippen LogP contribution in [0.2, 0.25) is 0 Å². The second-order valence-corrected chi connectivity index (χ2v) is 5.98. The maximum Gasteiger partial charge on any atom is 0.306 e. The molecule has 0 unspecified atom stereocenters. The standard InChI is InChI=1S/C21H27FO3/c1-7-25-20(23)9-8-18(22)13-17(10-14(2)3)21-15(4)11-19(24-6)12-16(21)5/h10-13H,2,7-9H2,1,3-6H3/b17-10+,18-13-. The lowest BCUT2D eigenvalue weighted by Gasteiger charge is -2.14. The first kappa shape index (κ1) is 20.7. The lowest BCUT2D eigenvalue weighted by molar-refractivity contribution is -0.143. The molecule has 0 N–H and O–H groups in total. The number of esters is 1. The number of hydrogen-bond acceptors (Lipinski definition) is 3. The number of aryl methyl sites for hydroxylation is 2. The second-order valence-electron chi connectivity index (χ2n) is 5.98. The van der Waals surface area contributed by atoms with Gasteiger partial charge < -0.3 is 9.47 Å². The van der Waals surface area contributed by atoms with Gasteiger partial charge in [0.1, 0.15) is 11.6 Å². The summed E-state index contributed by atoms with van der Waals surface area (Å²) in [7, 11) is 1.62. The van der Waals surface area contributed by atoms with Crippen LogP contribution in [0.4, 0.5) is 4.39 Å². The molecule has 0 amide bonds. The van der Waals surface area contributed by atoms with E-state index in [1.165, 1.54) is 6.08 Å². The van der Waals surface area contributed by atoms with Crippen LogP contribution < -0.4 is 4.74 Å². The molecule has 25 heavy (non-hydrogen) atoms. The Labute approximate surface area is 149 Å². The van der Waals surface area contributed by atoms with Gasteiger partial charge in [0.2, 0.25) is 0 Å². The topological polar surface area (TPSA) is 35.5 Å². The lowest BCUT2D eigenvalue weighted by Crippen LogP contribution is -2.03. The Morgan fingerprint density at radius 1 is 1.20 bits per heavy atom. The van der Waals surface area contributed by atoms with Gasteiger partial charge in [-0.2, -0.15) is 0 Å². The van der Waals surface area contributed by atoms with Crippen molar-refractivity contribution in [2.24, 2.45) is 0 Å². The molecule has 0 radical (unpaired) electrons. The summed E-state index contributed by atoms with van der Waals surface area (Å²) in [6.07, 6.45) is 3.35. The summed E-state index contributed by atoms with van der Waals surface area (Å²) < 4.78 is 24.5. The van der Waals surface area contributed by atoms with E-state index >= 15 is 0 Å². The van der Waals surface area contributed by atoms with E-state index in [-0.39, 0.29) is 18.7 Å². The second kappa shape index (κ2) is 9.82. The van der Waals surface area contributed by atoms with Gasteiger partial charge in [0.25, 0.3) is 0 Å². The zero-order valence-electron chi connectivity index (χ0n) is 15.7. The van der Waals surface area contributed by atoms with Crippen LogP contribution >= 0.6 is 0 Å². The Kier molecular flexibility index (Phi) is 8.12. The first-order chi connectivity index (χ1) is 11.8. The van der Waals surface area contributed by atoms with Crippen molar-refractivity contribution >= 4 is 11.5 Å². The van der Waals surface area contributed by atoms with Gasteiger partial charge in [-0.05, 0) is 68.2 Å². The lowest BCUT2D eigenvalue weighted by atomic mass is 9.93. The summed E-state index contributed by atoms with van der Waals surface area (Å²) in [5.41, 5.74) is 4.46. The van der Waals surface area contributed by atoms with Gasteiger partial charge in [-0.25, -0.2) is 4.39 Å². The Bertz CT molecular complexity index is 676. The summed E-state index contributed by atoms with van der Waals surface area (Å²) in [5, 5.41) is 0. The molecule has 0 aliphatic rings. The number of carbonyl (C=O) groups excluding carboxylic acids is 1. The molecule has 0 heterocycles. The van der Waals surface area contributed by atoms with E-state index in [0.717, 1.165) is 33.6 Å². The van der Waals surface area contributed by atoms with Crippen LogP contribution in [0.1, 0.15) is 43.4 Å². The van der Waals surface area contributed by atoms with Gasteiger partial charge in [-0.1, -0.05) is 18.2 Å². The van der Waals surface area contributed by atoms with Crippen molar-refractivity contribution in [1.29, 1.82) is 0 Å². The average Bonchev–Trinajstić information content (AvgIpc) is 2.51. The van der Waals surface area contributed by atoms with Crippen LogP contribution in [0.3, 0.4) is 0 Å². The van der Waals surface area contributed by atoms with Crippen molar-refractivity contribution in [2.75, 3.05) is 13.7 Å². The van der Waals surface area contributed by atoms with E-state index in [1.54, 1.807) is 14.0 Å². The van der Waals surface area contributed by atoms with Gasteiger partial charge in [-0.15, -0.1) is 0 Å². The third-order valence-electron chi connectivity index (χ3n) is 3.62. The van der Waals surface area contributed by atoms with E-state index in [4.69, 9.17) is 9.47 Å². The molecule has 1 aromatic rings. The zero-order chi connectivity index (χ0) is 19.0. The van der Waals surface area contributed by atoms with Crippen LogP contribution in [-0.4, -0.2) is 19.7 Å². The smallest absolute Gasteiger partial charge is 0.306 e. The largest absolute Gasteiger partial charge is 0.497 e. The number of methoxy groups -OCH3 is 1. The number of allylic oxidation sites excluding steroid dienone is 5. The number of benzene rings is 1. The van der Waals surface area contributed by atoms with E-state index in [0.29, 0.717) is 6.61 Å². The average molecular weight is 346 g/mol. The number of rotatable bonds is 8. The van der Waals surface area contributed by atoms with E-state index in [2.05, 4.69) is 6.58 Å². The highest BCUT2D eigenvalue weighted by Crippen LogP contribution is 2.30. The summed E-state index contributed by atoms with van der Waals surface area (Å²) in [6.45, 7) is 11.7.